The molecule has 4 aromatic rings. The maximum atomic E-state index is 2.29. The summed E-state index contributed by atoms with van der Waals surface area (Å²) >= 11 is 2.29. The van der Waals surface area contributed by atoms with Gasteiger partial charge in [0.05, 0.1) is 0 Å². The lowest BCUT2D eigenvalue weighted by Gasteiger charge is -2.09. The van der Waals surface area contributed by atoms with E-state index in [0.717, 1.165) is 0 Å². The van der Waals surface area contributed by atoms with Gasteiger partial charge in [0.1, 0.15) is 0 Å². The molecule has 0 heterocycles. The summed E-state index contributed by atoms with van der Waals surface area (Å²) in [7, 11) is 0. The van der Waals surface area contributed by atoms with Crippen molar-refractivity contribution in [1.82, 2.24) is 0 Å². The normalized spacial score (nSPS) is 12.9. The predicted molar refractivity (Wildman–Crippen MR) is 133 cm³/mol. The van der Waals surface area contributed by atoms with Crippen LogP contribution in [0, 0.1) is 0 Å². The van der Waals surface area contributed by atoms with Crippen molar-refractivity contribution < 1.29 is 0 Å². The molecule has 0 spiro atoms. The number of benzene rings is 4. The van der Waals surface area contributed by atoms with Gasteiger partial charge in [0.2, 0.25) is 0 Å². The molecule has 136 valence electrons. The predicted octanol–water partition coefficient (Wildman–Crippen LogP) is 8.43. The molecule has 0 radical (unpaired) electrons. The van der Waals surface area contributed by atoms with E-state index in [9.17, 15) is 0 Å². The molecule has 4 rings (SSSR count). The highest BCUT2D eigenvalue weighted by Crippen LogP contribution is 2.28. The van der Waals surface area contributed by atoms with Crippen LogP contribution >= 0.6 is 22.6 Å². The van der Waals surface area contributed by atoms with Gasteiger partial charge in [0, 0.05) is 0 Å². The molecule has 0 aromatic heterocycles. The number of hydrogen-bond donors (Lipinski definition) is 0. The number of hydrogen-bond acceptors (Lipinski definition) is 0. The molecule has 0 aliphatic heterocycles. The molecular weight excluding hydrogens is 451 g/mol. The number of allylic oxidation sites excluding steroid dienone is 5. The van der Waals surface area contributed by atoms with Crippen LogP contribution < -0.4 is 0 Å². The Morgan fingerprint density at radius 2 is 1.14 bits per heavy atom. The minimum absolute atomic E-state index is 1.21. The van der Waals surface area contributed by atoms with Gasteiger partial charge >= 0.3 is 0 Å². The average molecular weight is 472 g/mol. The van der Waals surface area contributed by atoms with Crippen LogP contribution in [0.25, 0.3) is 32.7 Å². The van der Waals surface area contributed by atoms with Gasteiger partial charge in [-0.25, -0.2) is 0 Å². The van der Waals surface area contributed by atoms with Crippen LogP contribution in [0.3, 0.4) is 0 Å². The summed E-state index contributed by atoms with van der Waals surface area (Å²) in [6, 6.07) is 30.4. The molecular formula is C27H21I. The van der Waals surface area contributed by atoms with Crippen molar-refractivity contribution >= 4 is 55.3 Å². The molecule has 0 fully saturated rings. The van der Waals surface area contributed by atoms with Crippen LogP contribution in [0.2, 0.25) is 0 Å². The van der Waals surface area contributed by atoms with Crippen molar-refractivity contribution in [3.63, 3.8) is 0 Å². The maximum Gasteiger partial charge on any atom is -0.0173 e. The Hall–Kier alpha value is -2.65. The molecule has 0 atom stereocenters. The van der Waals surface area contributed by atoms with Gasteiger partial charge in [-0.2, -0.15) is 0 Å². The molecule has 0 nitrogen and oxygen atoms in total. The van der Waals surface area contributed by atoms with Crippen LogP contribution in [0.4, 0.5) is 0 Å². The van der Waals surface area contributed by atoms with E-state index in [2.05, 4.69) is 137 Å². The fourth-order valence-corrected chi connectivity index (χ4v) is 3.92. The third-order valence-electron chi connectivity index (χ3n) is 5.03. The highest BCUT2D eigenvalue weighted by molar-refractivity contribution is 14.1. The quantitative estimate of drug-likeness (QED) is 0.207. The number of rotatable bonds is 4. The first kappa shape index (κ1) is 18.7. The summed E-state index contributed by atoms with van der Waals surface area (Å²) in [5.74, 6) is 0. The van der Waals surface area contributed by atoms with E-state index in [1.165, 1.54) is 43.8 Å². The van der Waals surface area contributed by atoms with Crippen LogP contribution in [0.1, 0.15) is 18.1 Å². The third kappa shape index (κ3) is 3.95. The van der Waals surface area contributed by atoms with Crippen molar-refractivity contribution in [1.29, 1.82) is 0 Å². The highest BCUT2D eigenvalue weighted by Gasteiger charge is 2.05. The second-order valence-electron chi connectivity index (χ2n) is 6.76. The summed E-state index contributed by atoms with van der Waals surface area (Å²) in [6.45, 7) is 2.10. The lowest BCUT2D eigenvalue weighted by atomic mass is 9.95. The molecule has 0 unspecified atom stereocenters. The maximum absolute atomic E-state index is 2.29. The van der Waals surface area contributed by atoms with E-state index in [1.54, 1.807) is 0 Å². The van der Waals surface area contributed by atoms with Gasteiger partial charge in [-0.3, -0.25) is 0 Å². The van der Waals surface area contributed by atoms with Crippen molar-refractivity contribution in [2.45, 2.75) is 6.92 Å². The molecule has 0 aliphatic rings. The zero-order chi connectivity index (χ0) is 19.3. The van der Waals surface area contributed by atoms with Crippen molar-refractivity contribution in [3.05, 3.63) is 118 Å². The smallest absolute Gasteiger partial charge is 0.0173 e. The summed E-state index contributed by atoms with van der Waals surface area (Å²) in [4.78, 5) is 0. The highest BCUT2D eigenvalue weighted by atomic mass is 127. The Balaban J connectivity index is 1.79. The first-order valence-electron chi connectivity index (χ1n) is 9.41. The second-order valence-corrected chi connectivity index (χ2v) is 7.48. The molecule has 0 N–H and O–H groups in total. The van der Waals surface area contributed by atoms with Crippen LogP contribution in [-0.4, -0.2) is 0 Å². The van der Waals surface area contributed by atoms with E-state index in [0.29, 0.717) is 0 Å². The van der Waals surface area contributed by atoms with Gasteiger partial charge in [-0.15, -0.1) is 0 Å². The molecule has 0 bridgehead atoms. The molecule has 4 aromatic carbocycles. The topological polar surface area (TPSA) is 0 Å². The minimum atomic E-state index is 1.21. The molecule has 28 heavy (non-hydrogen) atoms. The molecule has 0 saturated carbocycles. The van der Waals surface area contributed by atoms with E-state index in [-0.39, 0.29) is 0 Å². The monoisotopic (exact) mass is 472 g/mol. The zero-order valence-electron chi connectivity index (χ0n) is 15.8. The Bertz CT molecular complexity index is 1230. The van der Waals surface area contributed by atoms with E-state index >= 15 is 0 Å². The average Bonchev–Trinajstić information content (AvgIpc) is 2.76. The zero-order valence-corrected chi connectivity index (χ0v) is 17.9. The SMILES string of the molecule is C\C=C(/C=C(\C=C\I)c1ccc2ccccc2c1)c1ccc2ccccc2c1. The van der Waals surface area contributed by atoms with Crippen molar-refractivity contribution in [2.75, 3.05) is 0 Å². The van der Waals surface area contributed by atoms with E-state index < -0.39 is 0 Å². The fraction of sp³-hybridized carbons (Fsp3) is 0.0370. The Morgan fingerprint density at radius 3 is 1.64 bits per heavy atom. The van der Waals surface area contributed by atoms with Gasteiger partial charge < -0.3 is 0 Å². The Morgan fingerprint density at radius 1 is 0.643 bits per heavy atom. The van der Waals surface area contributed by atoms with Crippen LogP contribution in [0.15, 0.2) is 107 Å². The van der Waals surface area contributed by atoms with Crippen molar-refractivity contribution in [3.8, 4) is 0 Å². The first-order valence-corrected chi connectivity index (χ1v) is 10.7. The number of fused-ring (bicyclic) bond motifs is 2. The van der Waals surface area contributed by atoms with Crippen LogP contribution in [-0.2, 0) is 0 Å². The van der Waals surface area contributed by atoms with E-state index in [1.807, 2.05) is 0 Å². The summed E-state index contributed by atoms with van der Waals surface area (Å²) in [6.07, 6.45) is 6.64. The largest absolute Gasteiger partial charge is 0.0798 e. The van der Waals surface area contributed by atoms with Gasteiger partial charge in [-0.05, 0) is 79.1 Å². The van der Waals surface area contributed by atoms with Gasteiger partial charge in [0.15, 0.2) is 0 Å². The molecule has 0 aliphatic carbocycles. The van der Waals surface area contributed by atoms with Gasteiger partial charge in [0.25, 0.3) is 0 Å². The lowest BCUT2D eigenvalue weighted by Crippen LogP contribution is -1.86. The lowest BCUT2D eigenvalue weighted by molar-refractivity contribution is 1.61. The summed E-state index contributed by atoms with van der Waals surface area (Å²) in [5.41, 5.74) is 4.90. The Kier molecular flexibility index (Phi) is 5.73. The summed E-state index contributed by atoms with van der Waals surface area (Å²) in [5, 5.41) is 5.07. The van der Waals surface area contributed by atoms with Crippen LogP contribution in [0.5, 0.6) is 0 Å². The second kappa shape index (κ2) is 8.57. The molecule has 1 heteroatoms. The minimum Gasteiger partial charge on any atom is -0.0798 e. The fourth-order valence-electron chi connectivity index (χ4n) is 3.53. The standard InChI is InChI=1S/C27H21I/c1-2-20(25-13-11-21-7-3-5-9-23(21)18-25)17-27(15-16-28)26-14-12-22-8-4-6-10-24(22)19-26/h2-19H,1H3/b16-15+,20-2+,27-17+. The first-order chi connectivity index (χ1) is 13.8. The molecule has 0 saturated heterocycles. The Labute approximate surface area is 180 Å². The van der Waals surface area contributed by atoms with E-state index in [4.69, 9.17) is 0 Å². The number of halogens is 1. The third-order valence-corrected chi connectivity index (χ3v) is 5.39. The summed E-state index contributed by atoms with van der Waals surface area (Å²) < 4.78 is 2.08. The van der Waals surface area contributed by atoms with Gasteiger partial charge in [-0.1, -0.05) is 101 Å². The molecule has 0 amide bonds. The van der Waals surface area contributed by atoms with Crippen molar-refractivity contribution in [2.24, 2.45) is 0 Å².